The molecule has 1 saturated carbocycles. The van der Waals surface area contributed by atoms with Gasteiger partial charge in [-0.3, -0.25) is 0 Å². The van der Waals surface area contributed by atoms with Gasteiger partial charge in [-0.25, -0.2) is 0 Å². The van der Waals surface area contributed by atoms with E-state index in [1.54, 1.807) is 0 Å². The molecule has 1 saturated heterocycles. The van der Waals surface area contributed by atoms with Crippen LogP contribution in [0.4, 0.5) is 0 Å². The second-order valence-corrected chi connectivity index (χ2v) is 5.03. The zero-order valence-corrected chi connectivity index (χ0v) is 9.61. The van der Waals surface area contributed by atoms with Gasteiger partial charge in [-0.1, -0.05) is 19.3 Å². The summed E-state index contributed by atoms with van der Waals surface area (Å²) in [5.41, 5.74) is 0. The Morgan fingerprint density at radius 2 is 1.93 bits per heavy atom. The Morgan fingerprint density at radius 3 is 2.60 bits per heavy atom. The third-order valence-corrected chi connectivity index (χ3v) is 3.70. The van der Waals surface area contributed by atoms with Crippen LogP contribution in [0.15, 0.2) is 0 Å². The Bertz CT molecular complexity index is 192. The van der Waals surface area contributed by atoms with Crippen molar-refractivity contribution in [3.63, 3.8) is 0 Å². The lowest BCUT2D eigenvalue weighted by Crippen LogP contribution is -2.51. The molecule has 3 heteroatoms. The van der Waals surface area contributed by atoms with Crippen LogP contribution in [0.2, 0.25) is 0 Å². The number of nitrogens with one attached hydrogen (secondary N) is 1. The minimum absolute atomic E-state index is 0.0110. The number of aliphatic hydroxyl groups is 1. The first-order chi connectivity index (χ1) is 7.27. The Labute approximate surface area is 92.2 Å². The summed E-state index contributed by atoms with van der Waals surface area (Å²) in [7, 11) is 0. The van der Waals surface area contributed by atoms with Crippen molar-refractivity contribution in [3.05, 3.63) is 0 Å². The molecule has 0 bridgehead atoms. The van der Waals surface area contributed by atoms with E-state index in [0.29, 0.717) is 5.92 Å². The van der Waals surface area contributed by atoms with Crippen LogP contribution in [0.3, 0.4) is 0 Å². The van der Waals surface area contributed by atoms with E-state index in [-0.39, 0.29) is 18.3 Å². The van der Waals surface area contributed by atoms with Gasteiger partial charge < -0.3 is 15.2 Å². The molecule has 1 heterocycles. The van der Waals surface area contributed by atoms with Crippen molar-refractivity contribution in [2.75, 3.05) is 13.1 Å². The van der Waals surface area contributed by atoms with Gasteiger partial charge in [-0.05, 0) is 25.7 Å². The summed E-state index contributed by atoms with van der Waals surface area (Å²) < 4.78 is 5.79. The lowest BCUT2D eigenvalue weighted by Gasteiger charge is -2.36. The van der Waals surface area contributed by atoms with E-state index >= 15 is 0 Å². The average molecular weight is 213 g/mol. The molecule has 88 valence electrons. The van der Waals surface area contributed by atoms with Crippen molar-refractivity contribution in [2.24, 2.45) is 5.92 Å². The summed E-state index contributed by atoms with van der Waals surface area (Å²) in [6, 6.07) is 0. The van der Waals surface area contributed by atoms with Crippen LogP contribution >= 0.6 is 0 Å². The van der Waals surface area contributed by atoms with Crippen LogP contribution < -0.4 is 5.32 Å². The molecule has 0 aromatic heterocycles. The van der Waals surface area contributed by atoms with Crippen molar-refractivity contribution < 1.29 is 9.84 Å². The van der Waals surface area contributed by atoms with Gasteiger partial charge >= 0.3 is 0 Å². The summed E-state index contributed by atoms with van der Waals surface area (Å²) in [6.45, 7) is 3.78. The van der Waals surface area contributed by atoms with Gasteiger partial charge in [-0.2, -0.15) is 0 Å². The smallest absolute Gasteiger partial charge is 0.0964 e. The van der Waals surface area contributed by atoms with Crippen LogP contribution in [-0.2, 0) is 4.74 Å². The highest BCUT2D eigenvalue weighted by molar-refractivity contribution is 4.84. The lowest BCUT2D eigenvalue weighted by atomic mass is 9.83. The fourth-order valence-corrected chi connectivity index (χ4v) is 2.80. The fourth-order valence-electron chi connectivity index (χ4n) is 2.80. The molecule has 2 aliphatic rings. The Morgan fingerprint density at radius 1 is 1.20 bits per heavy atom. The van der Waals surface area contributed by atoms with E-state index in [0.717, 1.165) is 13.1 Å². The normalized spacial score (nSPS) is 36.4. The third kappa shape index (κ3) is 2.92. The summed E-state index contributed by atoms with van der Waals surface area (Å²) in [5, 5.41) is 13.6. The molecule has 0 unspecified atom stereocenters. The van der Waals surface area contributed by atoms with E-state index < -0.39 is 0 Å². The summed E-state index contributed by atoms with van der Waals surface area (Å²) in [6.07, 6.45) is 6.22. The maximum atomic E-state index is 10.3. The fraction of sp³-hybridized carbons (Fsp3) is 1.00. The van der Waals surface area contributed by atoms with Crippen LogP contribution in [0.5, 0.6) is 0 Å². The number of rotatable bonds is 2. The van der Waals surface area contributed by atoms with Crippen molar-refractivity contribution in [3.8, 4) is 0 Å². The number of morpholine rings is 1. The third-order valence-electron chi connectivity index (χ3n) is 3.70. The first-order valence-electron chi connectivity index (χ1n) is 6.31. The highest BCUT2D eigenvalue weighted by Crippen LogP contribution is 2.29. The molecule has 0 amide bonds. The Hall–Kier alpha value is -0.120. The van der Waals surface area contributed by atoms with Crippen molar-refractivity contribution in [2.45, 2.75) is 57.3 Å². The molecule has 15 heavy (non-hydrogen) atoms. The van der Waals surface area contributed by atoms with Crippen molar-refractivity contribution in [1.29, 1.82) is 0 Å². The summed E-state index contributed by atoms with van der Waals surface area (Å²) in [5.74, 6) is 0.468. The highest BCUT2D eigenvalue weighted by atomic mass is 16.5. The molecule has 0 spiro atoms. The molecule has 2 N–H and O–H groups in total. The molecule has 0 aromatic rings. The van der Waals surface area contributed by atoms with Crippen LogP contribution in [0.1, 0.15) is 39.0 Å². The molecule has 2 rings (SSSR count). The Kier molecular flexibility index (Phi) is 4.00. The van der Waals surface area contributed by atoms with Crippen LogP contribution in [-0.4, -0.2) is 36.5 Å². The van der Waals surface area contributed by atoms with Crippen LogP contribution in [0, 0.1) is 5.92 Å². The minimum atomic E-state index is -0.263. The maximum Gasteiger partial charge on any atom is 0.0964 e. The van der Waals surface area contributed by atoms with Crippen molar-refractivity contribution in [1.82, 2.24) is 5.32 Å². The second kappa shape index (κ2) is 5.28. The molecule has 2 fully saturated rings. The molecule has 3 atom stereocenters. The largest absolute Gasteiger partial charge is 0.390 e. The summed E-state index contributed by atoms with van der Waals surface area (Å²) >= 11 is 0. The molecular formula is C12H23NO2. The topological polar surface area (TPSA) is 41.5 Å². The molecular weight excluding hydrogens is 190 g/mol. The number of hydrogen-bond acceptors (Lipinski definition) is 3. The quantitative estimate of drug-likeness (QED) is 0.726. The van der Waals surface area contributed by atoms with E-state index in [4.69, 9.17) is 4.74 Å². The zero-order chi connectivity index (χ0) is 10.7. The number of hydrogen-bond donors (Lipinski definition) is 2. The summed E-state index contributed by atoms with van der Waals surface area (Å²) in [4.78, 5) is 0. The van der Waals surface area contributed by atoms with E-state index in [1.807, 2.05) is 0 Å². The van der Waals surface area contributed by atoms with Gasteiger partial charge in [0.05, 0.1) is 18.3 Å². The standard InChI is InChI=1S/C12H23NO2/c1-9-7-13-8-11(15-9)12(14)10-5-3-2-4-6-10/h9-14H,2-8H2,1H3/t9-,11-,12-/m1/s1. The van der Waals surface area contributed by atoms with E-state index in [1.165, 1.54) is 32.1 Å². The van der Waals surface area contributed by atoms with Gasteiger partial charge in [0.15, 0.2) is 0 Å². The molecule has 3 nitrogen and oxygen atoms in total. The van der Waals surface area contributed by atoms with E-state index in [9.17, 15) is 5.11 Å². The van der Waals surface area contributed by atoms with Gasteiger partial charge in [-0.15, -0.1) is 0 Å². The average Bonchev–Trinajstić information content (AvgIpc) is 2.29. The van der Waals surface area contributed by atoms with Crippen molar-refractivity contribution >= 4 is 0 Å². The molecule has 0 aromatic carbocycles. The SMILES string of the molecule is C[C@@H]1CNC[C@H]([C@H](O)C2CCCCC2)O1. The first kappa shape index (κ1) is 11.4. The van der Waals surface area contributed by atoms with Gasteiger partial charge in [0.1, 0.15) is 0 Å². The van der Waals surface area contributed by atoms with Gasteiger partial charge in [0.25, 0.3) is 0 Å². The predicted octanol–water partition coefficient (Wildman–Crippen LogP) is 1.30. The monoisotopic (exact) mass is 213 g/mol. The number of aliphatic hydroxyl groups excluding tert-OH is 1. The minimum Gasteiger partial charge on any atom is -0.390 e. The zero-order valence-electron chi connectivity index (χ0n) is 9.61. The van der Waals surface area contributed by atoms with Crippen LogP contribution in [0.25, 0.3) is 0 Å². The van der Waals surface area contributed by atoms with Gasteiger partial charge in [0.2, 0.25) is 0 Å². The maximum absolute atomic E-state index is 10.3. The Balaban J connectivity index is 1.85. The number of ether oxygens (including phenoxy) is 1. The first-order valence-corrected chi connectivity index (χ1v) is 6.31. The van der Waals surface area contributed by atoms with E-state index in [2.05, 4.69) is 12.2 Å². The predicted molar refractivity (Wildman–Crippen MR) is 59.8 cm³/mol. The molecule has 1 aliphatic heterocycles. The molecule has 1 aliphatic carbocycles. The molecule has 0 radical (unpaired) electrons. The second-order valence-electron chi connectivity index (χ2n) is 5.03. The van der Waals surface area contributed by atoms with Gasteiger partial charge in [0, 0.05) is 13.1 Å². The highest BCUT2D eigenvalue weighted by Gasteiger charge is 2.32. The lowest BCUT2D eigenvalue weighted by molar-refractivity contribution is -0.109.